The summed E-state index contributed by atoms with van der Waals surface area (Å²) in [5.74, 6) is -1.74. The molecule has 1 aliphatic rings. The first-order chi connectivity index (χ1) is 10.4. The van der Waals surface area contributed by atoms with E-state index in [4.69, 9.17) is 9.84 Å². The highest BCUT2D eigenvalue weighted by molar-refractivity contribution is 5.95. The molecule has 2 rings (SSSR count). The topological polar surface area (TPSA) is 76.1 Å². The van der Waals surface area contributed by atoms with Crippen molar-refractivity contribution in [2.24, 2.45) is 0 Å². The summed E-state index contributed by atoms with van der Waals surface area (Å²) in [4.78, 5) is 24.7. The normalized spacial score (nSPS) is 21.7. The lowest BCUT2D eigenvalue weighted by Gasteiger charge is -2.35. The Morgan fingerprint density at radius 1 is 1.41 bits per heavy atom. The molecule has 1 aromatic rings. The number of carboxylic acids is 1. The summed E-state index contributed by atoms with van der Waals surface area (Å²) in [5.41, 5.74) is 0.149. The number of carbonyl (C=O) groups is 2. The summed E-state index contributed by atoms with van der Waals surface area (Å²) in [6.45, 7) is -1.20. The zero-order valence-corrected chi connectivity index (χ0v) is 11.7. The number of amides is 1. The monoisotopic (exact) mass is 315 g/mol. The standard InChI is InChI=1S/C14H15F2NO5/c1-8-6-17(7-11(21-8)13(19)20)12(18)9-3-2-4-10(5-9)22-14(15)16/h2-5,8,11,14H,6-7H2,1H3,(H,19,20)/t8-,11?/m1/s1. The van der Waals surface area contributed by atoms with Crippen molar-refractivity contribution in [3.05, 3.63) is 29.8 Å². The number of benzene rings is 1. The molecular formula is C14H15F2NO5. The fourth-order valence-corrected chi connectivity index (χ4v) is 2.24. The lowest BCUT2D eigenvalue weighted by molar-refractivity contribution is -0.160. The Morgan fingerprint density at radius 3 is 2.77 bits per heavy atom. The fraction of sp³-hybridized carbons (Fsp3) is 0.429. The average Bonchev–Trinajstić information content (AvgIpc) is 2.45. The molecule has 1 saturated heterocycles. The molecule has 1 fully saturated rings. The van der Waals surface area contributed by atoms with Crippen LogP contribution < -0.4 is 4.74 Å². The predicted octanol–water partition coefficient (Wildman–Crippen LogP) is 1.60. The number of aliphatic carboxylic acids is 1. The number of nitrogens with zero attached hydrogens (tertiary/aromatic N) is 1. The number of ether oxygens (including phenoxy) is 2. The molecule has 6 nitrogen and oxygen atoms in total. The molecule has 1 N–H and O–H groups in total. The third kappa shape index (κ3) is 3.91. The molecule has 120 valence electrons. The van der Waals surface area contributed by atoms with Gasteiger partial charge in [0, 0.05) is 12.1 Å². The zero-order chi connectivity index (χ0) is 16.3. The van der Waals surface area contributed by atoms with Crippen molar-refractivity contribution >= 4 is 11.9 Å². The molecule has 0 radical (unpaired) electrons. The highest BCUT2D eigenvalue weighted by Gasteiger charge is 2.33. The molecule has 0 saturated carbocycles. The Morgan fingerprint density at radius 2 is 2.14 bits per heavy atom. The van der Waals surface area contributed by atoms with Gasteiger partial charge in [0.2, 0.25) is 0 Å². The van der Waals surface area contributed by atoms with E-state index in [1.165, 1.54) is 29.2 Å². The Labute approximate surface area is 125 Å². The number of rotatable bonds is 4. The van der Waals surface area contributed by atoms with Crippen LogP contribution in [0.2, 0.25) is 0 Å². The van der Waals surface area contributed by atoms with E-state index in [9.17, 15) is 18.4 Å². The van der Waals surface area contributed by atoms with Crippen LogP contribution in [0.5, 0.6) is 5.75 Å². The van der Waals surface area contributed by atoms with Crippen LogP contribution in [-0.2, 0) is 9.53 Å². The Hall–Kier alpha value is -2.22. The zero-order valence-electron chi connectivity index (χ0n) is 11.7. The van der Waals surface area contributed by atoms with Gasteiger partial charge in [0.05, 0.1) is 12.6 Å². The maximum atomic E-state index is 12.4. The van der Waals surface area contributed by atoms with E-state index < -0.39 is 30.7 Å². The van der Waals surface area contributed by atoms with Crippen LogP contribution in [0.25, 0.3) is 0 Å². The van der Waals surface area contributed by atoms with Crippen LogP contribution in [0.1, 0.15) is 17.3 Å². The molecule has 1 unspecified atom stereocenters. The number of hydrogen-bond acceptors (Lipinski definition) is 4. The van der Waals surface area contributed by atoms with Gasteiger partial charge in [-0.25, -0.2) is 4.79 Å². The van der Waals surface area contributed by atoms with E-state index in [1.807, 2.05) is 0 Å². The highest BCUT2D eigenvalue weighted by atomic mass is 19.3. The second-order valence-electron chi connectivity index (χ2n) is 4.89. The lowest BCUT2D eigenvalue weighted by Crippen LogP contribution is -2.51. The first-order valence-electron chi connectivity index (χ1n) is 6.59. The molecule has 0 aliphatic carbocycles. The summed E-state index contributed by atoms with van der Waals surface area (Å²) in [6.07, 6.45) is -1.53. The van der Waals surface area contributed by atoms with Gasteiger partial charge in [0.25, 0.3) is 5.91 Å². The number of halogens is 2. The van der Waals surface area contributed by atoms with Crippen molar-refractivity contribution in [1.82, 2.24) is 4.90 Å². The van der Waals surface area contributed by atoms with Gasteiger partial charge in [0.15, 0.2) is 6.10 Å². The van der Waals surface area contributed by atoms with E-state index in [0.717, 1.165) is 0 Å². The van der Waals surface area contributed by atoms with Crippen molar-refractivity contribution in [2.75, 3.05) is 13.1 Å². The molecule has 1 aliphatic heterocycles. The van der Waals surface area contributed by atoms with E-state index in [1.54, 1.807) is 6.92 Å². The smallest absolute Gasteiger partial charge is 0.387 e. The highest BCUT2D eigenvalue weighted by Crippen LogP contribution is 2.19. The van der Waals surface area contributed by atoms with Gasteiger partial charge in [0.1, 0.15) is 5.75 Å². The van der Waals surface area contributed by atoms with Crippen molar-refractivity contribution in [3.8, 4) is 5.75 Å². The van der Waals surface area contributed by atoms with Crippen LogP contribution in [0, 0.1) is 0 Å². The van der Waals surface area contributed by atoms with Gasteiger partial charge in [-0.3, -0.25) is 4.79 Å². The van der Waals surface area contributed by atoms with Crippen LogP contribution >= 0.6 is 0 Å². The molecule has 22 heavy (non-hydrogen) atoms. The lowest BCUT2D eigenvalue weighted by atomic mass is 10.1. The number of morpholine rings is 1. The molecule has 0 spiro atoms. The number of carbonyl (C=O) groups excluding carboxylic acids is 1. The van der Waals surface area contributed by atoms with Gasteiger partial charge < -0.3 is 19.5 Å². The van der Waals surface area contributed by atoms with E-state index in [-0.39, 0.29) is 24.4 Å². The molecular weight excluding hydrogens is 300 g/mol. The van der Waals surface area contributed by atoms with Gasteiger partial charge in [-0.2, -0.15) is 8.78 Å². The number of carboxylic acid groups (broad SMARTS) is 1. The molecule has 0 aromatic heterocycles. The van der Waals surface area contributed by atoms with Crippen molar-refractivity contribution in [1.29, 1.82) is 0 Å². The van der Waals surface area contributed by atoms with Crippen LogP contribution in [-0.4, -0.2) is 53.8 Å². The minimum Gasteiger partial charge on any atom is -0.479 e. The van der Waals surface area contributed by atoms with Crippen LogP contribution in [0.4, 0.5) is 8.78 Å². The second-order valence-corrected chi connectivity index (χ2v) is 4.89. The largest absolute Gasteiger partial charge is 0.479 e. The summed E-state index contributed by atoms with van der Waals surface area (Å²) < 4.78 is 33.9. The molecule has 0 bridgehead atoms. The summed E-state index contributed by atoms with van der Waals surface area (Å²) in [6, 6.07) is 5.38. The maximum absolute atomic E-state index is 12.4. The average molecular weight is 315 g/mol. The summed E-state index contributed by atoms with van der Waals surface area (Å²) in [7, 11) is 0. The Bertz CT molecular complexity index is 566. The Kier molecular flexibility index (Phi) is 4.92. The first kappa shape index (κ1) is 16.2. The third-order valence-electron chi connectivity index (χ3n) is 3.13. The summed E-state index contributed by atoms with van der Waals surface area (Å²) in [5, 5.41) is 9.00. The Balaban J connectivity index is 2.14. The molecule has 1 amide bonds. The molecule has 1 heterocycles. The van der Waals surface area contributed by atoms with Crippen LogP contribution in [0.3, 0.4) is 0 Å². The minimum absolute atomic E-state index is 0.0988. The number of alkyl halides is 2. The van der Waals surface area contributed by atoms with Crippen molar-refractivity contribution in [3.63, 3.8) is 0 Å². The second kappa shape index (κ2) is 6.69. The van der Waals surface area contributed by atoms with Gasteiger partial charge in [-0.15, -0.1) is 0 Å². The molecule has 1 aromatic carbocycles. The van der Waals surface area contributed by atoms with Crippen molar-refractivity contribution in [2.45, 2.75) is 25.7 Å². The van der Waals surface area contributed by atoms with Gasteiger partial charge >= 0.3 is 12.6 Å². The SMILES string of the molecule is C[C@@H]1CN(C(=O)c2cccc(OC(F)F)c2)CC(C(=O)O)O1. The van der Waals surface area contributed by atoms with E-state index >= 15 is 0 Å². The molecule has 8 heteroatoms. The molecule has 2 atom stereocenters. The minimum atomic E-state index is -2.98. The summed E-state index contributed by atoms with van der Waals surface area (Å²) >= 11 is 0. The van der Waals surface area contributed by atoms with E-state index in [2.05, 4.69) is 4.74 Å². The van der Waals surface area contributed by atoms with Gasteiger partial charge in [-0.05, 0) is 25.1 Å². The van der Waals surface area contributed by atoms with Crippen molar-refractivity contribution < 1.29 is 33.0 Å². The van der Waals surface area contributed by atoms with Crippen LogP contribution in [0.15, 0.2) is 24.3 Å². The maximum Gasteiger partial charge on any atom is 0.387 e. The number of hydrogen-bond donors (Lipinski definition) is 1. The first-order valence-corrected chi connectivity index (χ1v) is 6.59. The third-order valence-corrected chi connectivity index (χ3v) is 3.13. The van der Waals surface area contributed by atoms with Gasteiger partial charge in [-0.1, -0.05) is 6.07 Å². The van der Waals surface area contributed by atoms with E-state index in [0.29, 0.717) is 0 Å². The quantitative estimate of drug-likeness (QED) is 0.913. The predicted molar refractivity (Wildman–Crippen MR) is 70.9 cm³/mol. The fourth-order valence-electron chi connectivity index (χ4n) is 2.24.